The summed E-state index contributed by atoms with van der Waals surface area (Å²) in [5.41, 5.74) is 1.71. The van der Waals surface area contributed by atoms with Crippen molar-refractivity contribution in [2.75, 3.05) is 0 Å². The molecule has 1 aromatic carbocycles. The summed E-state index contributed by atoms with van der Waals surface area (Å²) >= 11 is 0. The summed E-state index contributed by atoms with van der Waals surface area (Å²) in [4.78, 5) is 35.9. The highest BCUT2D eigenvalue weighted by Gasteiger charge is 2.46. The van der Waals surface area contributed by atoms with Crippen molar-refractivity contribution in [3.05, 3.63) is 95.6 Å². The fourth-order valence-corrected chi connectivity index (χ4v) is 3.72. The summed E-state index contributed by atoms with van der Waals surface area (Å²) in [6.07, 6.45) is 4.80. The lowest BCUT2D eigenvalue weighted by Crippen LogP contribution is -2.29. The van der Waals surface area contributed by atoms with E-state index in [9.17, 15) is 14.7 Å². The predicted octanol–water partition coefficient (Wildman–Crippen LogP) is 3.89. The van der Waals surface area contributed by atoms with E-state index in [1.54, 1.807) is 73.2 Å². The highest BCUT2D eigenvalue weighted by Crippen LogP contribution is 2.39. The Balaban J connectivity index is 1.82. The number of carbonyl (C=O) groups excluding carboxylic acids is 2. The first-order valence-corrected chi connectivity index (χ1v) is 10.3. The molecule has 7 nitrogen and oxygen atoms in total. The third-order valence-corrected chi connectivity index (χ3v) is 5.09. The molecule has 1 fully saturated rings. The SMILES string of the molecule is CC(C)Oc1cccc(/C(O)=C2/C(=O)C(=O)N(Cc3ccncc3)C2c2ccccn2)c1. The van der Waals surface area contributed by atoms with Crippen molar-refractivity contribution >= 4 is 17.4 Å². The topological polar surface area (TPSA) is 92.6 Å². The van der Waals surface area contributed by atoms with Gasteiger partial charge in [-0.3, -0.25) is 19.6 Å². The Morgan fingerprint density at radius 3 is 2.53 bits per heavy atom. The molecule has 1 aliphatic rings. The summed E-state index contributed by atoms with van der Waals surface area (Å²) in [6, 6.07) is 14.8. The second kappa shape index (κ2) is 9.01. The molecule has 1 N–H and O–H groups in total. The molecule has 4 rings (SSSR count). The van der Waals surface area contributed by atoms with Gasteiger partial charge in [-0.15, -0.1) is 0 Å². The zero-order valence-electron chi connectivity index (χ0n) is 17.8. The second-order valence-electron chi connectivity index (χ2n) is 7.73. The van der Waals surface area contributed by atoms with Crippen molar-refractivity contribution in [2.45, 2.75) is 32.5 Å². The molecule has 0 aliphatic carbocycles. The first kappa shape index (κ1) is 21.2. The summed E-state index contributed by atoms with van der Waals surface area (Å²) in [7, 11) is 0. The third kappa shape index (κ3) is 4.23. The van der Waals surface area contributed by atoms with Gasteiger partial charge in [0.1, 0.15) is 17.6 Å². The molecule has 1 unspecified atom stereocenters. The van der Waals surface area contributed by atoms with Crippen molar-refractivity contribution in [3.8, 4) is 5.75 Å². The largest absolute Gasteiger partial charge is 0.507 e. The Hall–Kier alpha value is -4.00. The third-order valence-electron chi connectivity index (χ3n) is 5.09. The minimum Gasteiger partial charge on any atom is -0.507 e. The van der Waals surface area contributed by atoms with Crippen LogP contribution >= 0.6 is 0 Å². The molecule has 1 saturated heterocycles. The fraction of sp³-hybridized carbons (Fsp3) is 0.200. The Bertz CT molecular complexity index is 1160. The van der Waals surface area contributed by atoms with Gasteiger partial charge in [0.05, 0.1) is 17.4 Å². The zero-order chi connectivity index (χ0) is 22.7. The van der Waals surface area contributed by atoms with Crippen molar-refractivity contribution in [1.29, 1.82) is 0 Å². The second-order valence-corrected chi connectivity index (χ2v) is 7.73. The standard InChI is InChI=1S/C25H23N3O4/c1-16(2)32-19-7-5-6-18(14-19)23(29)21-22(20-8-3-4-11-27-20)28(25(31)24(21)30)15-17-9-12-26-13-10-17/h3-14,16,22,29H,15H2,1-2H3/b23-21-. The van der Waals surface area contributed by atoms with Crippen LogP contribution in [0, 0.1) is 0 Å². The van der Waals surface area contributed by atoms with Crippen LogP contribution < -0.4 is 4.74 Å². The maximum atomic E-state index is 13.1. The number of carbonyl (C=O) groups is 2. The smallest absolute Gasteiger partial charge is 0.296 e. The number of benzene rings is 1. The molecular weight excluding hydrogens is 406 g/mol. The lowest BCUT2D eigenvalue weighted by atomic mass is 9.98. The summed E-state index contributed by atoms with van der Waals surface area (Å²) in [5.74, 6) is -1.13. The summed E-state index contributed by atoms with van der Waals surface area (Å²) < 4.78 is 5.71. The van der Waals surface area contributed by atoms with Gasteiger partial charge in [-0.2, -0.15) is 0 Å². The molecule has 1 aliphatic heterocycles. The number of ether oxygens (including phenoxy) is 1. The van der Waals surface area contributed by atoms with Gasteiger partial charge in [-0.05, 0) is 55.8 Å². The number of aliphatic hydroxyl groups excluding tert-OH is 1. The van der Waals surface area contributed by atoms with E-state index < -0.39 is 17.7 Å². The van der Waals surface area contributed by atoms with E-state index in [1.807, 2.05) is 13.8 Å². The van der Waals surface area contributed by atoms with Crippen molar-refractivity contribution < 1.29 is 19.4 Å². The number of ketones is 1. The molecule has 0 bridgehead atoms. The first-order chi connectivity index (χ1) is 15.5. The minimum absolute atomic E-state index is 0.00412. The molecule has 162 valence electrons. The lowest BCUT2D eigenvalue weighted by Gasteiger charge is -2.24. The Morgan fingerprint density at radius 2 is 1.84 bits per heavy atom. The van der Waals surface area contributed by atoms with Crippen LogP contribution in [-0.4, -0.2) is 37.8 Å². The number of aliphatic hydroxyl groups is 1. The van der Waals surface area contributed by atoms with Crippen LogP contribution in [0.2, 0.25) is 0 Å². The van der Waals surface area contributed by atoms with Crippen molar-refractivity contribution in [3.63, 3.8) is 0 Å². The van der Waals surface area contributed by atoms with E-state index in [0.29, 0.717) is 17.0 Å². The molecule has 3 heterocycles. The monoisotopic (exact) mass is 429 g/mol. The van der Waals surface area contributed by atoms with Crippen LogP contribution in [0.25, 0.3) is 5.76 Å². The van der Waals surface area contributed by atoms with Crippen LogP contribution in [0.15, 0.2) is 78.8 Å². The van der Waals surface area contributed by atoms with E-state index in [1.165, 1.54) is 4.90 Å². The van der Waals surface area contributed by atoms with Crippen LogP contribution in [0.1, 0.15) is 36.7 Å². The van der Waals surface area contributed by atoms with Gasteiger partial charge >= 0.3 is 0 Å². The Morgan fingerprint density at radius 1 is 1.06 bits per heavy atom. The predicted molar refractivity (Wildman–Crippen MR) is 119 cm³/mol. The maximum Gasteiger partial charge on any atom is 0.296 e. The van der Waals surface area contributed by atoms with E-state index in [-0.39, 0.29) is 24.0 Å². The Kier molecular flexibility index (Phi) is 5.98. The molecule has 0 spiro atoms. The fourth-order valence-electron chi connectivity index (χ4n) is 3.72. The van der Waals surface area contributed by atoms with E-state index in [0.717, 1.165) is 5.56 Å². The number of nitrogens with zero attached hydrogens (tertiary/aromatic N) is 3. The molecule has 2 aromatic heterocycles. The molecule has 1 atom stereocenters. The van der Waals surface area contributed by atoms with Gasteiger partial charge in [-0.1, -0.05) is 18.2 Å². The van der Waals surface area contributed by atoms with Crippen molar-refractivity contribution in [2.24, 2.45) is 0 Å². The van der Waals surface area contributed by atoms with Gasteiger partial charge in [0.15, 0.2) is 0 Å². The normalized spacial score (nSPS) is 17.7. The van der Waals surface area contributed by atoms with Gasteiger partial charge in [0, 0.05) is 30.7 Å². The maximum absolute atomic E-state index is 13.1. The van der Waals surface area contributed by atoms with Crippen LogP contribution in [0.3, 0.4) is 0 Å². The number of aromatic nitrogens is 2. The van der Waals surface area contributed by atoms with Gasteiger partial charge in [-0.25, -0.2) is 0 Å². The average molecular weight is 429 g/mol. The van der Waals surface area contributed by atoms with Gasteiger partial charge in [0.2, 0.25) is 0 Å². The molecule has 7 heteroatoms. The number of Topliss-reactive ketones (excluding diaryl/α,β-unsaturated/α-hetero) is 1. The van der Waals surface area contributed by atoms with Gasteiger partial charge < -0.3 is 14.7 Å². The summed E-state index contributed by atoms with van der Waals surface area (Å²) in [6.45, 7) is 3.98. The highest BCUT2D eigenvalue weighted by molar-refractivity contribution is 6.46. The first-order valence-electron chi connectivity index (χ1n) is 10.3. The number of amides is 1. The van der Waals surface area contributed by atoms with Crippen molar-refractivity contribution in [1.82, 2.24) is 14.9 Å². The lowest BCUT2D eigenvalue weighted by molar-refractivity contribution is -0.140. The van der Waals surface area contributed by atoms with E-state index in [4.69, 9.17) is 4.74 Å². The molecule has 1 amide bonds. The molecule has 3 aromatic rings. The molecular formula is C25H23N3O4. The number of hydrogen-bond acceptors (Lipinski definition) is 6. The number of pyridine rings is 2. The zero-order valence-corrected chi connectivity index (χ0v) is 17.8. The van der Waals surface area contributed by atoms with Gasteiger partial charge in [0.25, 0.3) is 11.7 Å². The summed E-state index contributed by atoms with van der Waals surface area (Å²) in [5, 5.41) is 11.2. The average Bonchev–Trinajstić information content (AvgIpc) is 3.04. The van der Waals surface area contributed by atoms with Crippen LogP contribution in [-0.2, 0) is 16.1 Å². The quantitative estimate of drug-likeness (QED) is 0.363. The Labute approximate surface area is 186 Å². The number of hydrogen-bond donors (Lipinski definition) is 1. The molecule has 0 saturated carbocycles. The number of rotatable bonds is 6. The van der Waals surface area contributed by atoms with E-state index >= 15 is 0 Å². The minimum atomic E-state index is -0.820. The molecule has 32 heavy (non-hydrogen) atoms. The molecule has 0 radical (unpaired) electrons. The van der Waals surface area contributed by atoms with Crippen LogP contribution in [0.5, 0.6) is 5.75 Å². The number of likely N-dealkylation sites (tertiary alicyclic amines) is 1. The van der Waals surface area contributed by atoms with Crippen LogP contribution in [0.4, 0.5) is 0 Å². The van der Waals surface area contributed by atoms with E-state index in [2.05, 4.69) is 9.97 Å². The highest BCUT2D eigenvalue weighted by atomic mass is 16.5.